The van der Waals surface area contributed by atoms with Crippen molar-refractivity contribution < 1.29 is 0 Å². The lowest BCUT2D eigenvalue weighted by atomic mass is 10.2. The fourth-order valence-electron chi connectivity index (χ4n) is 1.27. The average Bonchev–Trinajstić information content (AvgIpc) is 2.19. The van der Waals surface area contributed by atoms with Crippen LogP contribution in [0.1, 0.15) is 0 Å². The molecule has 13 heavy (non-hydrogen) atoms. The van der Waals surface area contributed by atoms with Gasteiger partial charge in [-0.15, -0.1) is 0 Å². The van der Waals surface area contributed by atoms with Crippen molar-refractivity contribution in [3.05, 3.63) is 36.5 Å². The van der Waals surface area contributed by atoms with Crippen LogP contribution >= 0.6 is 12.2 Å². The Hall–Kier alpha value is -1.48. The molecule has 0 bridgehead atoms. The second kappa shape index (κ2) is 3.49. The van der Waals surface area contributed by atoms with Crippen LogP contribution < -0.4 is 5.32 Å². The van der Waals surface area contributed by atoms with Crippen LogP contribution in [0.2, 0.25) is 0 Å². The Kier molecular flexibility index (Phi) is 2.19. The van der Waals surface area contributed by atoms with Crippen molar-refractivity contribution in [1.82, 2.24) is 4.98 Å². The quantitative estimate of drug-likeness (QED) is 0.577. The Morgan fingerprint density at radius 3 is 2.92 bits per heavy atom. The molecular formula is C10H7N2S. The minimum atomic E-state index is 0.758. The van der Waals surface area contributed by atoms with E-state index in [-0.39, 0.29) is 0 Å². The van der Waals surface area contributed by atoms with Gasteiger partial charge in [-0.25, -0.2) is 4.98 Å². The fourth-order valence-corrected chi connectivity index (χ4v) is 1.36. The van der Waals surface area contributed by atoms with Crippen molar-refractivity contribution in [2.45, 2.75) is 0 Å². The van der Waals surface area contributed by atoms with Crippen molar-refractivity contribution in [2.75, 3.05) is 5.32 Å². The van der Waals surface area contributed by atoms with Crippen molar-refractivity contribution in [1.29, 1.82) is 0 Å². The first-order valence-corrected chi connectivity index (χ1v) is 4.29. The molecule has 63 valence electrons. The van der Waals surface area contributed by atoms with Gasteiger partial charge in [0.05, 0.1) is 0 Å². The highest BCUT2D eigenvalue weighted by atomic mass is 32.1. The van der Waals surface area contributed by atoms with Crippen molar-refractivity contribution in [2.24, 2.45) is 0 Å². The normalized spacial score (nSPS) is 9.85. The third kappa shape index (κ3) is 1.51. The minimum Gasteiger partial charge on any atom is -0.328 e. The SMILES string of the molecule is S=[C]Nc1nccc2ccccc12. The zero-order valence-electron chi connectivity index (χ0n) is 6.82. The van der Waals surface area contributed by atoms with E-state index in [9.17, 15) is 0 Å². The fraction of sp³-hybridized carbons (Fsp3) is 0. The van der Waals surface area contributed by atoms with E-state index in [1.807, 2.05) is 30.3 Å². The van der Waals surface area contributed by atoms with Crippen LogP contribution in [0.4, 0.5) is 5.82 Å². The molecule has 1 N–H and O–H groups in total. The van der Waals surface area contributed by atoms with Gasteiger partial charge in [0.25, 0.3) is 0 Å². The third-order valence-corrected chi connectivity index (χ3v) is 1.95. The smallest absolute Gasteiger partial charge is 0.140 e. The first-order chi connectivity index (χ1) is 6.42. The van der Waals surface area contributed by atoms with Crippen molar-refractivity contribution >= 4 is 34.3 Å². The number of nitrogens with zero attached hydrogens (tertiary/aromatic N) is 1. The monoisotopic (exact) mass is 187 g/mol. The van der Waals surface area contributed by atoms with Gasteiger partial charge in [-0.1, -0.05) is 36.5 Å². The summed E-state index contributed by atoms with van der Waals surface area (Å²) in [6.07, 6.45) is 1.75. The molecule has 2 rings (SSSR count). The van der Waals surface area contributed by atoms with E-state index in [1.54, 1.807) is 6.20 Å². The molecule has 1 aromatic heterocycles. The number of aromatic nitrogens is 1. The first-order valence-electron chi connectivity index (χ1n) is 3.89. The molecule has 0 unspecified atom stereocenters. The van der Waals surface area contributed by atoms with E-state index in [0.717, 1.165) is 16.6 Å². The number of pyridine rings is 1. The highest BCUT2D eigenvalue weighted by molar-refractivity contribution is 7.79. The second-order valence-electron chi connectivity index (χ2n) is 2.61. The maximum Gasteiger partial charge on any atom is 0.140 e. The Balaban J connectivity index is 2.68. The van der Waals surface area contributed by atoms with Crippen molar-refractivity contribution in [3.8, 4) is 0 Å². The van der Waals surface area contributed by atoms with Gasteiger partial charge in [-0.2, -0.15) is 0 Å². The standard InChI is InChI=1S/C10H7N2S/c13-7-12-10-9-4-2-1-3-8(9)5-6-11-10/h1-6H,(H,11,12,13). The number of rotatable bonds is 2. The third-order valence-electron chi connectivity index (χ3n) is 1.84. The van der Waals surface area contributed by atoms with E-state index in [0.29, 0.717) is 0 Å². The Morgan fingerprint density at radius 2 is 2.08 bits per heavy atom. The molecule has 3 heteroatoms. The van der Waals surface area contributed by atoms with Gasteiger partial charge in [0, 0.05) is 11.6 Å². The van der Waals surface area contributed by atoms with Crippen LogP contribution in [0, 0.1) is 0 Å². The highest BCUT2D eigenvalue weighted by Gasteiger charge is 1.98. The van der Waals surface area contributed by atoms with E-state index < -0.39 is 0 Å². The molecule has 0 aliphatic heterocycles. The lowest BCUT2D eigenvalue weighted by molar-refractivity contribution is 1.36. The molecule has 0 saturated carbocycles. The maximum atomic E-state index is 4.60. The minimum absolute atomic E-state index is 0.758. The van der Waals surface area contributed by atoms with Crippen LogP contribution in [0.3, 0.4) is 0 Å². The summed E-state index contributed by atoms with van der Waals surface area (Å²) >= 11 is 4.60. The first kappa shape index (κ1) is 8.13. The molecule has 0 aliphatic carbocycles. The summed E-state index contributed by atoms with van der Waals surface area (Å²) in [6, 6.07) is 9.96. The van der Waals surface area contributed by atoms with Crippen LogP contribution in [0.25, 0.3) is 10.8 Å². The number of hydrogen-bond acceptors (Lipinski definition) is 2. The molecule has 0 spiro atoms. The molecule has 2 aromatic rings. The van der Waals surface area contributed by atoms with Gasteiger partial charge in [-0.05, 0) is 11.5 Å². The molecule has 0 atom stereocenters. The van der Waals surface area contributed by atoms with Gasteiger partial charge >= 0.3 is 0 Å². The predicted octanol–water partition coefficient (Wildman–Crippen LogP) is 2.48. The molecule has 0 aliphatic rings. The Bertz CT molecular complexity index is 434. The van der Waals surface area contributed by atoms with Crippen LogP contribution in [-0.2, 0) is 0 Å². The molecule has 0 saturated heterocycles. The van der Waals surface area contributed by atoms with E-state index in [1.165, 1.54) is 0 Å². The summed E-state index contributed by atoms with van der Waals surface area (Å²) < 4.78 is 0. The molecule has 0 amide bonds. The zero-order chi connectivity index (χ0) is 9.10. The largest absolute Gasteiger partial charge is 0.328 e. The average molecular weight is 187 g/mol. The zero-order valence-corrected chi connectivity index (χ0v) is 7.64. The lowest BCUT2D eigenvalue weighted by Crippen LogP contribution is -1.95. The molecule has 2 nitrogen and oxygen atoms in total. The maximum absolute atomic E-state index is 4.60. The second-order valence-corrected chi connectivity index (χ2v) is 2.81. The summed E-state index contributed by atoms with van der Waals surface area (Å²) in [5.74, 6) is 0.758. The topological polar surface area (TPSA) is 24.9 Å². The molecule has 1 heterocycles. The number of benzene rings is 1. The summed E-state index contributed by atoms with van der Waals surface area (Å²) in [7, 11) is 0. The lowest BCUT2D eigenvalue weighted by Gasteiger charge is -2.02. The Morgan fingerprint density at radius 1 is 1.23 bits per heavy atom. The van der Waals surface area contributed by atoms with Crippen LogP contribution in [0.15, 0.2) is 36.5 Å². The number of fused-ring (bicyclic) bond motifs is 1. The van der Waals surface area contributed by atoms with Crippen LogP contribution in [0.5, 0.6) is 0 Å². The summed E-state index contributed by atoms with van der Waals surface area (Å²) in [4.78, 5) is 4.16. The highest BCUT2D eigenvalue weighted by Crippen LogP contribution is 2.19. The Labute approximate surface area is 81.6 Å². The number of thiocarbonyl (C=S) groups is 1. The number of hydrogen-bond donors (Lipinski definition) is 1. The molecular weight excluding hydrogens is 180 g/mol. The predicted molar refractivity (Wildman–Crippen MR) is 58.0 cm³/mol. The summed E-state index contributed by atoms with van der Waals surface area (Å²) in [6.45, 7) is 0. The van der Waals surface area contributed by atoms with Gasteiger partial charge < -0.3 is 5.32 Å². The summed E-state index contributed by atoms with van der Waals surface area (Å²) in [5.41, 5.74) is 2.45. The van der Waals surface area contributed by atoms with Gasteiger partial charge in [0.1, 0.15) is 11.3 Å². The molecule has 1 radical (unpaired) electrons. The van der Waals surface area contributed by atoms with E-state index in [4.69, 9.17) is 0 Å². The van der Waals surface area contributed by atoms with Gasteiger partial charge in [0.2, 0.25) is 0 Å². The molecule has 0 fully saturated rings. The van der Waals surface area contributed by atoms with Gasteiger partial charge in [-0.3, -0.25) is 0 Å². The van der Waals surface area contributed by atoms with Crippen LogP contribution in [-0.4, -0.2) is 10.5 Å². The number of nitrogens with one attached hydrogen (secondary N) is 1. The van der Waals surface area contributed by atoms with E-state index >= 15 is 0 Å². The van der Waals surface area contributed by atoms with Crippen molar-refractivity contribution in [3.63, 3.8) is 0 Å². The van der Waals surface area contributed by atoms with Gasteiger partial charge in [0.15, 0.2) is 0 Å². The summed E-state index contributed by atoms with van der Waals surface area (Å²) in [5, 5.41) is 5.01. The number of anilines is 1. The van der Waals surface area contributed by atoms with E-state index in [2.05, 4.69) is 28.0 Å². The molecule has 1 aromatic carbocycles.